The van der Waals surface area contributed by atoms with Crippen LogP contribution in [0.15, 0.2) is 12.1 Å². The van der Waals surface area contributed by atoms with Crippen LogP contribution in [0.1, 0.15) is 22.3 Å². The Hall–Kier alpha value is -1.35. The van der Waals surface area contributed by atoms with Crippen molar-refractivity contribution >= 4 is 5.91 Å². The number of amides is 1. The number of carbonyl (C=O) groups excluding carboxylic acids is 1. The molecule has 1 aromatic carbocycles. The molecule has 1 aromatic rings. The Kier molecular flexibility index (Phi) is 4.25. The summed E-state index contributed by atoms with van der Waals surface area (Å²) in [6, 6.07) is 4.50. The summed E-state index contributed by atoms with van der Waals surface area (Å²) in [5.41, 5.74) is 5.49. The van der Waals surface area contributed by atoms with Crippen molar-refractivity contribution in [2.75, 3.05) is 26.2 Å². The summed E-state index contributed by atoms with van der Waals surface area (Å²) >= 11 is 0. The molecule has 0 bridgehead atoms. The first kappa shape index (κ1) is 14.1. The highest BCUT2D eigenvalue weighted by Gasteiger charge is 2.19. The van der Waals surface area contributed by atoms with E-state index in [1.54, 1.807) is 0 Å². The van der Waals surface area contributed by atoms with E-state index < -0.39 is 0 Å². The van der Waals surface area contributed by atoms with Gasteiger partial charge in [0.05, 0.1) is 0 Å². The highest BCUT2D eigenvalue weighted by atomic mass is 16.2. The number of nitrogens with zero attached hydrogens (tertiary/aromatic N) is 2. The van der Waals surface area contributed by atoms with Crippen molar-refractivity contribution in [3.63, 3.8) is 0 Å². The second-order valence-corrected chi connectivity index (χ2v) is 5.53. The van der Waals surface area contributed by atoms with Crippen LogP contribution in [-0.4, -0.2) is 41.9 Å². The maximum atomic E-state index is 11.2. The number of hydrogen-bond acceptors (Lipinski definition) is 2. The monoisotopic (exact) mass is 259 g/mol. The summed E-state index contributed by atoms with van der Waals surface area (Å²) in [5.74, 6) is -0.0534. The Balaban J connectivity index is 2.02. The van der Waals surface area contributed by atoms with Crippen molar-refractivity contribution in [1.29, 1.82) is 0 Å². The van der Waals surface area contributed by atoms with E-state index in [4.69, 9.17) is 0 Å². The summed E-state index contributed by atoms with van der Waals surface area (Å²) in [6.07, 6.45) is 0. The molecule has 19 heavy (non-hydrogen) atoms. The summed E-state index contributed by atoms with van der Waals surface area (Å²) in [6.45, 7) is 14.4. The van der Waals surface area contributed by atoms with E-state index in [0.29, 0.717) is 0 Å². The average Bonchev–Trinajstić information content (AvgIpc) is 2.34. The molecule has 3 heteroatoms. The number of benzene rings is 1. The summed E-state index contributed by atoms with van der Waals surface area (Å²) in [5, 5.41) is 0. The first-order valence-corrected chi connectivity index (χ1v) is 6.87. The zero-order chi connectivity index (χ0) is 14.0. The quantitative estimate of drug-likeness (QED) is 0.812. The minimum absolute atomic E-state index is 0.0534. The zero-order valence-electron chi connectivity index (χ0n) is 12.2. The molecule has 1 heterocycles. The lowest BCUT2D eigenvalue weighted by Gasteiger charge is -2.34. The molecule has 0 spiro atoms. The third kappa shape index (κ3) is 3.35. The first-order chi connectivity index (χ1) is 8.97. The molecule has 0 aliphatic carbocycles. The lowest BCUT2D eigenvalue weighted by atomic mass is 9.99. The van der Waals surface area contributed by atoms with Crippen molar-refractivity contribution in [2.24, 2.45) is 0 Å². The smallest absolute Gasteiger partial charge is 0.223 e. The fourth-order valence-electron chi connectivity index (χ4n) is 2.84. The van der Waals surface area contributed by atoms with Crippen molar-refractivity contribution in [1.82, 2.24) is 9.80 Å². The molecule has 0 saturated carbocycles. The average molecular weight is 259 g/mol. The van der Waals surface area contributed by atoms with Crippen LogP contribution in [0.5, 0.6) is 0 Å². The summed E-state index contributed by atoms with van der Waals surface area (Å²) in [4.78, 5) is 15.5. The van der Waals surface area contributed by atoms with E-state index in [9.17, 15) is 4.79 Å². The zero-order valence-corrected chi connectivity index (χ0v) is 12.2. The molecule has 1 amide bonds. The minimum atomic E-state index is -0.0534. The lowest BCUT2D eigenvalue weighted by molar-refractivity contribution is -0.128. The van der Waals surface area contributed by atoms with Crippen LogP contribution < -0.4 is 0 Å². The molecule has 1 radical (unpaired) electrons. The third-order valence-corrected chi connectivity index (χ3v) is 3.95. The fourth-order valence-corrected chi connectivity index (χ4v) is 2.84. The number of carbonyl (C=O) groups is 1. The molecule has 1 aliphatic rings. The summed E-state index contributed by atoms with van der Waals surface area (Å²) in [7, 11) is 0. The molecule has 2 rings (SSSR count). The molecular formula is C16H23N2O. The van der Waals surface area contributed by atoms with Crippen molar-refractivity contribution in [3.05, 3.63) is 41.3 Å². The Labute approximate surface area is 116 Å². The Bertz CT molecular complexity index is 451. The first-order valence-electron chi connectivity index (χ1n) is 6.87. The molecular weight excluding hydrogens is 236 g/mol. The molecule has 0 unspecified atom stereocenters. The molecule has 0 N–H and O–H groups in total. The molecule has 1 aliphatic heterocycles. The highest BCUT2D eigenvalue weighted by molar-refractivity contribution is 5.80. The van der Waals surface area contributed by atoms with E-state index in [-0.39, 0.29) is 5.91 Å². The number of hydrogen-bond donors (Lipinski definition) is 0. The Morgan fingerprint density at radius 1 is 1.11 bits per heavy atom. The topological polar surface area (TPSA) is 23.6 Å². The predicted octanol–water partition coefficient (Wildman–Crippen LogP) is 2.09. The van der Waals surface area contributed by atoms with Gasteiger partial charge in [-0.2, -0.15) is 0 Å². The number of piperazine rings is 1. The standard InChI is InChI=1S/C16H23N2O/c1-12-9-13(2)16(14(3)10-12)11-17-5-7-18(8-6-17)15(4)19/h9-10H,4-8,11H2,1-3H3. The Morgan fingerprint density at radius 3 is 2.11 bits per heavy atom. The second-order valence-electron chi connectivity index (χ2n) is 5.53. The molecule has 3 nitrogen and oxygen atoms in total. The maximum Gasteiger partial charge on any atom is 0.223 e. The van der Waals surface area contributed by atoms with E-state index in [0.717, 1.165) is 32.7 Å². The second kappa shape index (κ2) is 5.74. The number of rotatable bonds is 2. The van der Waals surface area contributed by atoms with Gasteiger partial charge in [-0.05, 0) is 37.5 Å². The third-order valence-electron chi connectivity index (χ3n) is 3.95. The van der Waals surface area contributed by atoms with Gasteiger partial charge < -0.3 is 4.90 Å². The van der Waals surface area contributed by atoms with Gasteiger partial charge in [0.1, 0.15) is 0 Å². The van der Waals surface area contributed by atoms with Gasteiger partial charge in [0.25, 0.3) is 0 Å². The van der Waals surface area contributed by atoms with Crippen LogP contribution in [-0.2, 0) is 11.3 Å². The van der Waals surface area contributed by atoms with Gasteiger partial charge in [-0.1, -0.05) is 17.7 Å². The van der Waals surface area contributed by atoms with Crippen LogP contribution >= 0.6 is 0 Å². The van der Waals surface area contributed by atoms with E-state index in [2.05, 4.69) is 44.7 Å². The number of aryl methyl sites for hydroxylation is 3. The molecule has 0 aromatic heterocycles. The van der Waals surface area contributed by atoms with Gasteiger partial charge in [-0.3, -0.25) is 9.69 Å². The highest BCUT2D eigenvalue weighted by Crippen LogP contribution is 2.19. The van der Waals surface area contributed by atoms with Gasteiger partial charge >= 0.3 is 0 Å². The molecule has 103 valence electrons. The van der Waals surface area contributed by atoms with Crippen LogP contribution in [0.4, 0.5) is 0 Å². The Morgan fingerprint density at radius 2 is 1.63 bits per heavy atom. The normalized spacial score (nSPS) is 16.7. The van der Waals surface area contributed by atoms with Gasteiger partial charge in [-0.15, -0.1) is 0 Å². The van der Waals surface area contributed by atoms with E-state index in [1.165, 1.54) is 22.3 Å². The van der Waals surface area contributed by atoms with Gasteiger partial charge in [0.2, 0.25) is 5.91 Å². The van der Waals surface area contributed by atoms with E-state index in [1.807, 2.05) is 4.90 Å². The SMILES string of the molecule is [CH2]C(=O)N1CCN(Cc2c(C)cc(C)cc2C)CC1. The predicted molar refractivity (Wildman–Crippen MR) is 77.9 cm³/mol. The fraction of sp³-hybridized carbons (Fsp3) is 0.500. The minimum Gasteiger partial charge on any atom is -0.340 e. The molecule has 1 fully saturated rings. The molecule has 1 saturated heterocycles. The lowest BCUT2D eigenvalue weighted by Crippen LogP contribution is -2.47. The van der Waals surface area contributed by atoms with Gasteiger partial charge in [-0.25, -0.2) is 0 Å². The largest absolute Gasteiger partial charge is 0.340 e. The van der Waals surface area contributed by atoms with Crippen molar-refractivity contribution < 1.29 is 4.79 Å². The van der Waals surface area contributed by atoms with Crippen LogP contribution in [0, 0.1) is 27.7 Å². The van der Waals surface area contributed by atoms with E-state index >= 15 is 0 Å². The molecule has 0 atom stereocenters. The van der Waals surface area contributed by atoms with Crippen molar-refractivity contribution in [3.8, 4) is 0 Å². The van der Waals surface area contributed by atoms with Gasteiger partial charge in [0, 0.05) is 39.6 Å². The van der Waals surface area contributed by atoms with Gasteiger partial charge in [0.15, 0.2) is 0 Å². The maximum absolute atomic E-state index is 11.2. The van der Waals surface area contributed by atoms with Crippen LogP contribution in [0.3, 0.4) is 0 Å². The summed E-state index contributed by atoms with van der Waals surface area (Å²) < 4.78 is 0. The van der Waals surface area contributed by atoms with Crippen LogP contribution in [0.2, 0.25) is 0 Å². The van der Waals surface area contributed by atoms with Crippen molar-refractivity contribution in [2.45, 2.75) is 27.3 Å². The van der Waals surface area contributed by atoms with Crippen LogP contribution in [0.25, 0.3) is 0 Å².